The lowest BCUT2D eigenvalue weighted by atomic mass is 9.89. The van der Waals surface area contributed by atoms with Crippen molar-refractivity contribution in [3.8, 4) is 17.2 Å². The predicted octanol–water partition coefficient (Wildman–Crippen LogP) is 6.54. The molecule has 0 radical (unpaired) electrons. The predicted molar refractivity (Wildman–Crippen MR) is 138 cm³/mol. The number of oxazole rings is 1. The molecule has 2 aromatic carbocycles. The third kappa shape index (κ3) is 5.69. The number of aliphatic carboxylic acids is 1. The number of fused-ring (bicyclic) bond motifs is 1. The summed E-state index contributed by atoms with van der Waals surface area (Å²) in [5, 5.41) is 12.9. The maximum atomic E-state index is 11.4. The van der Waals surface area contributed by atoms with Crippen LogP contribution < -0.4 is 10.1 Å². The number of aryl methyl sites for hydroxylation is 3. The minimum atomic E-state index is -0.736. The van der Waals surface area contributed by atoms with E-state index in [-0.39, 0.29) is 11.8 Å². The van der Waals surface area contributed by atoms with Crippen LogP contribution in [-0.2, 0) is 17.6 Å². The van der Waals surface area contributed by atoms with Crippen LogP contribution in [0.15, 0.2) is 40.8 Å². The summed E-state index contributed by atoms with van der Waals surface area (Å²) in [4.78, 5) is 16.2. The van der Waals surface area contributed by atoms with E-state index in [1.165, 1.54) is 11.1 Å². The Morgan fingerprint density at radius 3 is 2.86 bits per heavy atom. The van der Waals surface area contributed by atoms with Crippen LogP contribution in [0, 0.1) is 19.8 Å². The van der Waals surface area contributed by atoms with Crippen molar-refractivity contribution in [3.63, 3.8) is 0 Å². The standard InChI is InChI=1S/C29H36N2O4/c1-5-6-14-30-27-17-22(8-7-18(27)2)28-31-26(20(4)35-28)13-15-34-23-10-12-25-21(16-23)9-11-24(25)19(3)29(32)33/h7-8,10,12,16-17,19,24,30H,5-6,9,11,13-15H2,1-4H3,(H,32,33)/t19-,24-/m0/s1. The van der Waals surface area contributed by atoms with Crippen LogP contribution in [0.1, 0.15) is 67.2 Å². The first-order chi connectivity index (χ1) is 16.9. The minimum absolute atomic E-state index is 0.0804. The molecule has 1 aliphatic rings. The van der Waals surface area contributed by atoms with Crippen LogP contribution in [0.5, 0.6) is 5.75 Å². The average molecular weight is 477 g/mol. The van der Waals surface area contributed by atoms with Gasteiger partial charge in [-0.2, -0.15) is 0 Å². The Morgan fingerprint density at radius 2 is 2.09 bits per heavy atom. The fourth-order valence-corrected chi connectivity index (χ4v) is 4.80. The van der Waals surface area contributed by atoms with E-state index >= 15 is 0 Å². The first-order valence-corrected chi connectivity index (χ1v) is 12.7. The Morgan fingerprint density at radius 1 is 1.26 bits per heavy atom. The normalized spacial score (nSPS) is 15.6. The van der Waals surface area contributed by atoms with E-state index in [0.29, 0.717) is 18.9 Å². The van der Waals surface area contributed by atoms with Gasteiger partial charge in [0.15, 0.2) is 0 Å². The summed E-state index contributed by atoms with van der Waals surface area (Å²) in [5.41, 5.74) is 6.54. The van der Waals surface area contributed by atoms with E-state index in [1.54, 1.807) is 6.92 Å². The smallest absolute Gasteiger partial charge is 0.306 e. The van der Waals surface area contributed by atoms with E-state index in [0.717, 1.165) is 66.2 Å². The number of carbonyl (C=O) groups is 1. The number of rotatable bonds is 11. The van der Waals surface area contributed by atoms with Crippen LogP contribution in [0.25, 0.3) is 11.5 Å². The molecule has 4 rings (SSSR count). The van der Waals surface area contributed by atoms with Gasteiger partial charge < -0.3 is 19.6 Å². The number of aromatic nitrogens is 1. The second-order valence-corrected chi connectivity index (χ2v) is 9.56. The van der Waals surface area contributed by atoms with E-state index in [9.17, 15) is 9.90 Å². The Kier molecular flexibility index (Phi) is 7.79. The fraction of sp³-hybridized carbons (Fsp3) is 0.448. The quantitative estimate of drug-likeness (QED) is 0.306. The van der Waals surface area contributed by atoms with Crippen molar-refractivity contribution in [2.75, 3.05) is 18.5 Å². The number of benzene rings is 2. The molecule has 0 fully saturated rings. The van der Waals surface area contributed by atoms with Gasteiger partial charge in [-0.3, -0.25) is 4.79 Å². The SMILES string of the molecule is CCCCNc1cc(-c2nc(CCOc3ccc4c(c3)CC[C@H]4[C@H](C)C(=O)O)c(C)o2)ccc1C. The van der Waals surface area contributed by atoms with E-state index < -0.39 is 5.97 Å². The number of hydrogen-bond donors (Lipinski definition) is 2. The van der Waals surface area contributed by atoms with Crippen molar-refractivity contribution in [2.45, 2.75) is 65.7 Å². The fourth-order valence-electron chi connectivity index (χ4n) is 4.80. The topological polar surface area (TPSA) is 84.6 Å². The van der Waals surface area contributed by atoms with E-state index in [2.05, 4.69) is 43.4 Å². The zero-order chi connectivity index (χ0) is 24.9. The average Bonchev–Trinajstić information content (AvgIpc) is 3.43. The molecule has 2 atom stereocenters. The first kappa shape index (κ1) is 24.8. The van der Waals surface area contributed by atoms with Crippen molar-refractivity contribution in [1.29, 1.82) is 0 Å². The molecule has 0 saturated carbocycles. The lowest BCUT2D eigenvalue weighted by Gasteiger charge is -2.16. The van der Waals surface area contributed by atoms with Gasteiger partial charge in [0.25, 0.3) is 0 Å². The number of carboxylic acids is 1. The Hall–Kier alpha value is -3.28. The number of unbranched alkanes of at least 4 members (excludes halogenated alkanes) is 1. The lowest BCUT2D eigenvalue weighted by molar-refractivity contribution is -0.141. The highest BCUT2D eigenvalue weighted by Gasteiger charge is 2.31. The molecule has 1 heterocycles. The third-order valence-corrected chi connectivity index (χ3v) is 7.06. The Bertz CT molecular complexity index is 1180. The monoisotopic (exact) mass is 476 g/mol. The molecule has 6 nitrogen and oxygen atoms in total. The molecule has 1 aromatic heterocycles. The summed E-state index contributed by atoms with van der Waals surface area (Å²) in [6, 6.07) is 12.3. The zero-order valence-electron chi connectivity index (χ0n) is 21.2. The molecule has 1 aliphatic carbocycles. The Balaban J connectivity index is 1.38. The summed E-state index contributed by atoms with van der Waals surface area (Å²) in [7, 11) is 0. The third-order valence-electron chi connectivity index (χ3n) is 7.06. The number of hydrogen-bond acceptors (Lipinski definition) is 5. The Labute approximate surface area is 207 Å². The summed E-state index contributed by atoms with van der Waals surface area (Å²) in [6.07, 6.45) is 4.72. The highest BCUT2D eigenvalue weighted by Crippen LogP contribution is 2.40. The minimum Gasteiger partial charge on any atom is -0.493 e. The molecular weight excluding hydrogens is 440 g/mol. The molecule has 0 aliphatic heterocycles. The molecule has 0 unspecified atom stereocenters. The largest absolute Gasteiger partial charge is 0.493 e. The number of carboxylic acid groups (broad SMARTS) is 1. The van der Waals surface area contributed by atoms with E-state index in [1.807, 2.05) is 19.1 Å². The van der Waals surface area contributed by atoms with Crippen molar-refractivity contribution in [1.82, 2.24) is 4.98 Å². The van der Waals surface area contributed by atoms with Crippen molar-refractivity contribution >= 4 is 11.7 Å². The molecule has 0 spiro atoms. The van der Waals surface area contributed by atoms with Gasteiger partial charge in [-0.05, 0) is 80.0 Å². The number of ether oxygens (including phenoxy) is 1. The summed E-state index contributed by atoms with van der Waals surface area (Å²) in [5.74, 6) is 1.23. The molecular formula is C29H36N2O4. The molecule has 0 bridgehead atoms. The summed E-state index contributed by atoms with van der Waals surface area (Å²) >= 11 is 0. The van der Waals surface area contributed by atoms with Crippen molar-refractivity contribution in [2.24, 2.45) is 5.92 Å². The number of nitrogens with one attached hydrogen (secondary N) is 1. The highest BCUT2D eigenvalue weighted by molar-refractivity contribution is 5.71. The lowest BCUT2D eigenvalue weighted by Crippen LogP contribution is -2.17. The van der Waals surface area contributed by atoms with Gasteiger partial charge in [0, 0.05) is 24.2 Å². The van der Waals surface area contributed by atoms with Crippen LogP contribution >= 0.6 is 0 Å². The van der Waals surface area contributed by atoms with Crippen LogP contribution in [0.2, 0.25) is 0 Å². The van der Waals surface area contributed by atoms with Crippen molar-refractivity contribution < 1.29 is 19.1 Å². The van der Waals surface area contributed by atoms with Gasteiger partial charge in [0.2, 0.25) is 5.89 Å². The number of nitrogens with zero attached hydrogens (tertiary/aromatic N) is 1. The molecule has 6 heteroatoms. The van der Waals surface area contributed by atoms with Crippen LogP contribution in [-0.4, -0.2) is 29.2 Å². The highest BCUT2D eigenvalue weighted by atomic mass is 16.5. The maximum Gasteiger partial charge on any atom is 0.306 e. The van der Waals surface area contributed by atoms with Gasteiger partial charge in [0.05, 0.1) is 18.2 Å². The van der Waals surface area contributed by atoms with Gasteiger partial charge in [-0.25, -0.2) is 4.98 Å². The molecule has 0 saturated heterocycles. The molecule has 2 N–H and O–H groups in total. The summed E-state index contributed by atoms with van der Waals surface area (Å²) in [6.45, 7) is 9.48. The van der Waals surface area contributed by atoms with Crippen LogP contribution in [0.4, 0.5) is 5.69 Å². The molecule has 3 aromatic rings. The van der Waals surface area contributed by atoms with Gasteiger partial charge >= 0.3 is 5.97 Å². The maximum absolute atomic E-state index is 11.4. The molecule has 186 valence electrons. The second kappa shape index (κ2) is 11.0. The van der Waals surface area contributed by atoms with Crippen LogP contribution in [0.3, 0.4) is 0 Å². The zero-order valence-corrected chi connectivity index (χ0v) is 21.2. The van der Waals surface area contributed by atoms with Gasteiger partial charge in [0.1, 0.15) is 11.5 Å². The summed E-state index contributed by atoms with van der Waals surface area (Å²) < 4.78 is 12.0. The van der Waals surface area contributed by atoms with E-state index in [4.69, 9.17) is 14.1 Å². The molecule has 35 heavy (non-hydrogen) atoms. The second-order valence-electron chi connectivity index (χ2n) is 9.56. The first-order valence-electron chi connectivity index (χ1n) is 12.7. The van der Waals surface area contributed by atoms with Gasteiger partial charge in [-0.15, -0.1) is 0 Å². The van der Waals surface area contributed by atoms with Crippen molar-refractivity contribution in [3.05, 3.63) is 64.5 Å². The number of anilines is 1. The molecule has 0 amide bonds. The van der Waals surface area contributed by atoms with Gasteiger partial charge in [-0.1, -0.05) is 32.4 Å².